The van der Waals surface area contributed by atoms with Crippen LogP contribution in [0.25, 0.3) is 0 Å². The van der Waals surface area contributed by atoms with Crippen LogP contribution in [0.4, 0.5) is 0 Å². The maximum Gasteiger partial charge on any atom is 0.302 e. The zero-order valence-electron chi connectivity index (χ0n) is 9.04. The van der Waals surface area contributed by atoms with Gasteiger partial charge in [0, 0.05) is 13.3 Å². The van der Waals surface area contributed by atoms with E-state index in [1.165, 1.54) is 6.92 Å². The predicted octanol–water partition coefficient (Wildman–Crippen LogP) is 2.42. The lowest BCUT2D eigenvalue weighted by molar-refractivity contribution is -0.149. The van der Waals surface area contributed by atoms with Crippen molar-refractivity contribution in [3.63, 3.8) is 0 Å². The van der Waals surface area contributed by atoms with E-state index in [-0.39, 0.29) is 18.7 Å². The maximum atomic E-state index is 10.6. The van der Waals surface area contributed by atoms with E-state index in [0.717, 1.165) is 0 Å². The Morgan fingerprint density at radius 1 is 1.47 bits per heavy atom. The molecule has 1 aliphatic heterocycles. The number of halogens is 3. The summed E-state index contributed by atoms with van der Waals surface area (Å²) in [5.41, 5.74) is 0. The van der Waals surface area contributed by atoms with Gasteiger partial charge >= 0.3 is 5.97 Å². The lowest BCUT2D eigenvalue weighted by Crippen LogP contribution is -2.28. The molecule has 0 aromatic carbocycles. The summed E-state index contributed by atoms with van der Waals surface area (Å²) in [5, 5.41) is 7.36. The summed E-state index contributed by atoms with van der Waals surface area (Å²) in [5.74, 6) is -0.854. The molecular weight excluding hydrogens is 292 g/mol. The van der Waals surface area contributed by atoms with Crippen LogP contribution in [-0.4, -0.2) is 34.7 Å². The topological polar surface area (TPSA) is 68.6 Å². The molecule has 0 aromatic rings. The van der Waals surface area contributed by atoms with Gasteiger partial charge in [-0.05, 0) is 6.42 Å². The first kappa shape index (κ1) is 14.8. The van der Waals surface area contributed by atoms with Crippen molar-refractivity contribution in [2.45, 2.75) is 36.0 Å². The number of carbonyl (C=O) groups excluding carboxylic acids is 1. The molecule has 1 saturated heterocycles. The summed E-state index contributed by atoms with van der Waals surface area (Å²) < 4.78 is 13.3. The lowest BCUT2D eigenvalue weighted by atomic mass is 10.2. The van der Waals surface area contributed by atoms with E-state index in [1.54, 1.807) is 0 Å². The standard InChI is InChI=1S/C9H12Cl3NO4/c1-5(14)15-4-6-2-3-7(16-6)17-8(13)9(10,11)12/h6-7,13H,2-4H2,1H3/t6-,7?/m0/s1. The first-order valence-corrected chi connectivity index (χ1v) is 6.03. The normalized spacial score (nSPS) is 24.5. The van der Waals surface area contributed by atoms with Crippen molar-refractivity contribution in [1.82, 2.24) is 0 Å². The quantitative estimate of drug-likeness (QED) is 0.376. The molecular formula is C9H12Cl3NO4. The molecule has 2 atom stereocenters. The van der Waals surface area contributed by atoms with Crippen molar-refractivity contribution >= 4 is 46.7 Å². The Hall–Kier alpha value is -0.230. The molecule has 0 aromatic heterocycles. The average Bonchev–Trinajstić information content (AvgIpc) is 2.61. The van der Waals surface area contributed by atoms with Crippen LogP contribution in [0.3, 0.4) is 0 Å². The Morgan fingerprint density at radius 2 is 2.12 bits per heavy atom. The minimum absolute atomic E-state index is 0.163. The van der Waals surface area contributed by atoms with E-state index in [0.29, 0.717) is 12.8 Å². The molecule has 17 heavy (non-hydrogen) atoms. The summed E-state index contributed by atoms with van der Waals surface area (Å²) in [6.45, 7) is 1.48. The van der Waals surface area contributed by atoms with Gasteiger partial charge in [0.2, 0.25) is 12.2 Å². The van der Waals surface area contributed by atoms with Gasteiger partial charge in [-0.25, -0.2) is 0 Å². The van der Waals surface area contributed by atoms with Gasteiger partial charge in [0.25, 0.3) is 3.79 Å². The Labute approximate surface area is 114 Å². The Kier molecular flexibility index (Phi) is 5.31. The molecule has 1 fully saturated rings. The highest BCUT2D eigenvalue weighted by molar-refractivity contribution is 6.76. The van der Waals surface area contributed by atoms with Crippen LogP contribution in [0.5, 0.6) is 0 Å². The fourth-order valence-corrected chi connectivity index (χ4v) is 1.42. The summed E-state index contributed by atoms with van der Waals surface area (Å²) in [6, 6.07) is 0. The van der Waals surface area contributed by atoms with Crippen LogP contribution < -0.4 is 0 Å². The van der Waals surface area contributed by atoms with Crippen LogP contribution in [0.2, 0.25) is 0 Å². The first-order chi connectivity index (χ1) is 7.79. The van der Waals surface area contributed by atoms with E-state index < -0.39 is 16.0 Å². The number of esters is 1. The number of hydrogen-bond donors (Lipinski definition) is 1. The zero-order chi connectivity index (χ0) is 13.1. The van der Waals surface area contributed by atoms with Gasteiger partial charge in [-0.1, -0.05) is 34.8 Å². The molecule has 0 saturated carbocycles. The van der Waals surface area contributed by atoms with Gasteiger partial charge in [-0.15, -0.1) is 0 Å². The second kappa shape index (κ2) is 6.09. The van der Waals surface area contributed by atoms with Crippen LogP contribution in [0, 0.1) is 5.41 Å². The molecule has 0 spiro atoms. The SMILES string of the molecule is CC(=O)OC[C@@H]1CCC(OC(=N)C(Cl)(Cl)Cl)O1. The highest BCUT2D eigenvalue weighted by Gasteiger charge is 2.34. The van der Waals surface area contributed by atoms with Gasteiger partial charge in [0.1, 0.15) is 6.61 Å². The largest absolute Gasteiger partial charge is 0.463 e. The van der Waals surface area contributed by atoms with E-state index in [2.05, 4.69) is 0 Å². The van der Waals surface area contributed by atoms with Gasteiger partial charge in [0.15, 0.2) is 0 Å². The van der Waals surface area contributed by atoms with Crippen molar-refractivity contribution in [2.75, 3.05) is 6.61 Å². The molecule has 0 radical (unpaired) electrons. The Balaban J connectivity index is 2.31. The Bertz CT molecular complexity index is 305. The van der Waals surface area contributed by atoms with Crippen molar-refractivity contribution in [1.29, 1.82) is 5.41 Å². The summed E-state index contributed by atoms with van der Waals surface area (Å²) in [7, 11) is 0. The van der Waals surface area contributed by atoms with E-state index in [4.69, 9.17) is 54.4 Å². The van der Waals surface area contributed by atoms with Gasteiger partial charge in [0.05, 0.1) is 6.10 Å². The maximum absolute atomic E-state index is 10.6. The molecule has 0 aliphatic carbocycles. The third kappa shape index (κ3) is 5.29. The first-order valence-electron chi connectivity index (χ1n) is 4.90. The Morgan fingerprint density at radius 3 is 2.65 bits per heavy atom. The van der Waals surface area contributed by atoms with Crippen LogP contribution in [-0.2, 0) is 19.0 Å². The van der Waals surface area contributed by atoms with Crippen LogP contribution in [0.1, 0.15) is 19.8 Å². The molecule has 1 heterocycles. The number of rotatable bonds is 3. The summed E-state index contributed by atoms with van der Waals surface area (Å²) in [4.78, 5) is 10.6. The highest BCUT2D eigenvalue weighted by atomic mass is 35.6. The number of alkyl halides is 3. The minimum Gasteiger partial charge on any atom is -0.463 e. The molecule has 0 bridgehead atoms. The summed E-state index contributed by atoms with van der Waals surface area (Å²) in [6.07, 6.45) is 0.325. The van der Waals surface area contributed by atoms with E-state index in [1.807, 2.05) is 0 Å². The monoisotopic (exact) mass is 303 g/mol. The highest BCUT2D eigenvalue weighted by Crippen LogP contribution is 2.30. The predicted molar refractivity (Wildman–Crippen MR) is 63.6 cm³/mol. The van der Waals surface area contributed by atoms with Crippen molar-refractivity contribution < 1.29 is 19.0 Å². The molecule has 5 nitrogen and oxygen atoms in total. The molecule has 98 valence electrons. The average molecular weight is 305 g/mol. The van der Waals surface area contributed by atoms with E-state index >= 15 is 0 Å². The van der Waals surface area contributed by atoms with Gasteiger partial charge in [-0.2, -0.15) is 0 Å². The third-order valence-electron chi connectivity index (χ3n) is 2.05. The van der Waals surface area contributed by atoms with Gasteiger partial charge in [-0.3, -0.25) is 10.2 Å². The number of nitrogens with one attached hydrogen (secondary N) is 1. The van der Waals surface area contributed by atoms with Crippen LogP contribution >= 0.6 is 34.8 Å². The smallest absolute Gasteiger partial charge is 0.302 e. The van der Waals surface area contributed by atoms with Crippen LogP contribution in [0.15, 0.2) is 0 Å². The fraction of sp³-hybridized carbons (Fsp3) is 0.778. The number of carbonyl (C=O) groups is 1. The fourth-order valence-electron chi connectivity index (χ4n) is 1.29. The molecule has 8 heteroatoms. The molecule has 0 amide bonds. The van der Waals surface area contributed by atoms with Gasteiger partial charge < -0.3 is 14.2 Å². The summed E-state index contributed by atoms with van der Waals surface area (Å²) >= 11 is 16.4. The molecule has 1 aliphatic rings. The van der Waals surface area contributed by atoms with Crippen molar-refractivity contribution in [3.8, 4) is 0 Å². The van der Waals surface area contributed by atoms with E-state index in [9.17, 15) is 4.79 Å². The molecule has 1 N–H and O–H groups in total. The minimum atomic E-state index is -1.89. The van der Waals surface area contributed by atoms with Crippen molar-refractivity contribution in [3.05, 3.63) is 0 Å². The zero-order valence-corrected chi connectivity index (χ0v) is 11.3. The number of hydrogen-bond acceptors (Lipinski definition) is 5. The van der Waals surface area contributed by atoms with Crippen molar-refractivity contribution in [2.24, 2.45) is 0 Å². The second-order valence-electron chi connectivity index (χ2n) is 3.51. The number of ether oxygens (including phenoxy) is 3. The third-order valence-corrected chi connectivity index (χ3v) is 2.56. The second-order valence-corrected chi connectivity index (χ2v) is 5.79. The molecule has 1 rings (SSSR count). The molecule has 1 unspecified atom stereocenters. The lowest BCUT2D eigenvalue weighted by Gasteiger charge is -2.19.